The Hall–Kier alpha value is -1.40. The molecule has 1 fully saturated rings. The maximum atomic E-state index is 13.8. The highest BCUT2D eigenvalue weighted by atomic mass is 19.2. The Bertz CT molecular complexity index is 435. The second-order valence-electron chi connectivity index (χ2n) is 4.58. The SMILES string of the molecule is Nc1ccc(F)c(F)c1N1CCC(OCCO)CC1. The number of aliphatic hydroxyl groups excluding tert-OH is 1. The summed E-state index contributed by atoms with van der Waals surface area (Å²) in [5.41, 5.74) is 6.11. The topological polar surface area (TPSA) is 58.7 Å². The smallest absolute Gasteiger partial charge is 0.184 e. The molecule has 0 spiro atoms. The van der Waals surface area contributed by atoms with Gasteiger partial charge in [-0.3, -0.25) is 0 Å². The molecular formula is C13H18F2N2O2. The maximum Gasteiger partial charge on any atom is 0.184 e. The van der Waals surface area contributed by atoms with Gasteiger partial charge in [0.05, 0.1) is 30.7 Å². The summed E-state index contributed by atoms with van der Waals surface area (Å²) in [7, 11) is 0. The first-order valence-electron chi connectivity index (χ1n) is 6.34. The van der Waals surface area contributed by atoms with Crippen molar-refractivity contribution in [3.05, 3.63) is 23.8 Å². The predicted octanol–water partition coefficient (Wildman–Crippen LogP) is 1.52. The molecule has 19 heavy (non-hydrogen) atoms. The van der Waals surface area contributed by atoms with Crippen LogP contribution >= 0.6 is 0 Å². The van der Waals surface area contributed by atoms with Gasteiger partial charge < -0.3 is 20.5 Å². The molecule has 1 heterocycles. The largest absolute Gasteiger partial charge is 0.397 e. The van der Waals surface area contributed by atoms with E-state index in [1.54, 1.807) is 4.90 Å². The number of anilines is 2. The van der Waals surface area contributed by atoms with Crippen LogP contribution in [0.2, 0.25) is 0 Å². The molecule has 0 aromatic heterocycles. The van der Waals surface area contributed by atoms with Gasteiger partial charge in [0.25, 0.3) is 0 Å². The molecule has 4 nitrogen and oxygen atoms in total. The molecule has 1 aromatic rings. The Balaban J connectivity index is 2.04. The highest BCUT2D eigenvalue weighted by molar-refractivity contribution is 5.68. The Labute approximate surface area is 110 Å². The molecule has 3 N–H and O–H groups in total. The fourth-order valence-corrected chi connectivity index (χ4v) is 2.34. The van der Waals surface area contributed by atoms with Crippen molar-refractivity contribution in [2.24, 2.45) is 0 Å². The van der Waals surface area contributed by atoms with E-state index >= 15 is 0 Å². The Morgan fingerprint density at radius 1 is 1.32 bits per heavy atom. The highest BCUT2D eigenvalue weighted by Crippen LogP contribution is 2.31. The Morgan fingerprint density at radius 3 is 2.63 bits per heavy atom. The van der Waals surface area contributed by atoms with Crippen LogP contribution in [0.15, 0.2) is 12.1 Å². The molecule has 1 aliphatic rings. The molecule has 106 valence electrons. The van der Waals surface area contributed by atoms with Crippen molar-refractivity contribution in [1.29, 1.82) is 0 Å². The van der Waals surface area contributed by atoms with Crippen LogP contribution in [-0.4, -0.2) is 37.5 Å². The van der Waals surface area contributed by atoms with E-state index in [1.807, 2.05) is 0 Å². The van der Waals surface area contributed by atoms with Crippen LogP contribution in [0.4, 0.5) is 20.2 Å². The molecule has 0 unspecified atom stereocenters. The van der Waals surface area contributed by atoms with Crippen LogP contribution in [0.25, 0.3) is 0 Å². The summed E-state index contributed by atoms with van der Waals surface area (Å²) in [6.07, 6.45) is 1.46. The zero-order valence-electron chi connectivity index (χ0n) is 10.6. The van der Waals surface area contributed by atoms with Gasteiger partial charge in [-0.15, -0.1) is 0 Å². The lowest BCUT2D eigenvalue weighted by atomic mass is 10.1. The maximum absolute atomic E-state index is 13.8. The molecule has 0 amide bonds. The van der Waals surface area contributed by atoms with Crippen LogP contribution in [-0.2, 0) is 4.74 Å². The number of nitrogens with two attached hydrogens (primary N) is 1. The summed E-state index contributed by atoms with van der Waals surface area (Å²) in [5.74, 6) is -1.78. The zero-order chi connectivity index (χ0) is 13.8. The minimum atomic E-state index is -0.894. The molecule has 1 saturated heterocycles. The van der Waals surface area contributed by atoms with Crippen molar-refractivity contribution in [2.45, 2.75) is 18.9 Å². The van der Waals surface area contributed by atoms with Gasteiger partial charge in [0.15, 0.2) is 11.6 Å². The number of benzene rings is 1. The van der Waals surface area contributed by atoms with Crippen LogP contribution in [0.5, 0.6) is 0 Å². The Morgan fingerprint density at radius 2 is 2.00 bits per heavy atom. The molecule has 0 saturated carbocycles. The quantitative estimate of drug-likeness (QED) is 0.816. The van der Waals surface area contributed by atoms with Gasteiger partial charge in [-0.05, 0) is 25.0 Å². The number of rotatable bonds is 4. The van der Waals surface area contributed by atoms with Gasteiger partial charge in [0, 0.05) is 13.1 Å². The molecular weight excluding hydrogens is 254 g/mol. The number of ether oxygens (including phenoxy) is 1. The van der Waals surface area contributed by atoms with Gasteiger partial charge in [-0.25, -0.2) is 8.78 Å². The minimum Gasteiger partial charge on any atom is -0.397 e. The molecule has 6 heteroatoms. The number of nitrogens with zero attached hydrogens (tertiary/aromatic N) is 1. The van der Waals surface area contributed by atoms with E-state index in [1.165, 1.54) is 6.07 Å². The van der Waals surface area contributed by atoms with E-state index < -0.39 is 11.6 Å². The van der Waals surface area contributed by atoms with Crippen LogP contribution in [0.1, 0.15) is 12.8 Å². The summed E-state index contributed by atoms with van der Waals surface area (Å²) in [4.78, 5) is 1.74. The molecule has 0 bridgehead atoms. The number of halogens is 2. The zero-order valence-corrected chi connectivity index (χ0v) is 10.6. The summed E-state index contributed by atoms with van der Waals surface area (Å²) in [6.45, 7) is 1.41. The molecule has 1 aliphatic heterocycles. The van der Waals surface area contributed by atoms with Crippen molar-refractivity contribution in [2.75, 3.05) is 36.9 Å². The van der Waals surface area contributed by atoms with E-state index in [0.717, 1.165) is 6.07 Å². The lowest BCUT2D eigenvalue weighted by Crippen LogP contribution is -2.38. The van der Waals surface area contributed by atoms with E-state index in [0.29, 0.717) is 32.5 Å². The lowest BCUT2D eigenvalue weighted by Gasteiger charge is -2.34. The number of nitrogen functional groups attached to an aromatic ring is 1. The van der Waals surface area contributed by atoms with Crippen molar-refractivity contribution < 1.29 is 18.6 Å². The molecule has 2 rings (SSSR count). The van der Waals surface area contributed by atoms with Crippen molar-refractivity contribution in [3.63, 3.8) is 0 Å². The van der Waals surface area contributed by atoms with Gasteiger partial charge in [-0.2, -0.15) is 0 Å². The van der Waals surface area contributed by atoms with E-state index in [4.69, 9.17) is 15.6 Å². The first kappa shape index (κ1) is 14.0. The van der Waals surface area contributed by atoms with Gasteiger partial charge in [0.2, 0.25) is 0 Å². The van der Waals surface area contributed by atoms with Crippen LogP contribution < -0.4 is 10.6 Å². The summed E-state index contributed by atoms with van der Waals surface area (Å²) in [6, 6.07) is 2.41. The fourth-order valence-electron chi connectivity index (χ4n) is 2.34. The van der Waals surface area contributed by atoms with E-state index in [9.17, 15) is 8.78 Å². The second-order valence-corrected chi connectivity index (χ2v) is 4.58. The average molecular weight is 272 g/mol. The minimum absolute atomic E-state index is 0.00825. The van der Waals surface area contributed by atoms with E-state index in [-0.39, 0.29) is 24.1 Å². The monoisotopic (exact) mass is 272 g/mol. The molecule has 0 radical (unpaired) electrons. The Kier molecular flexibility index (Phi) is 4.55. The van der Waals surface area contributed by atoms with Gasteiger partial charge in [-0.1, -0.05) is 0 Å². The average Bonchev–Trinajstić information content (AvgIpc) is 2.42. The summed E-state index contributed by atoms with van der Waals surface area (Å²) in [5, 5.41) is 8.69. The van der Waals surface area contributed by atoms with Crippen LogP contribution in [0.3, 0.4) is 0 Å². The first-order chi connectivity index (χ1) is 9.13. The third kappa shape index (κ3) is 3.13. The third-order valence-corrected chi connectivity index (χ3v) is 3.30. The van der Waals surface area contributed by atoms with Crippen molar-refractivity contribution in [3.8, 4) is 0 Å². The van der Waals surface area contributed by atoms with Gasteiger partial charge in [0.1, 0.15) is 0 Å². The molecule has 0 aliphatic carbocycles. The number of hydrogen-bond donors (Lipinski definition) is 2. The predicted molar refractivity (Wildman–Crippen MR) is 69.0 cm³/mol. The highest BCUT2D eigenvalue weighted by Gasteiger charge is 2.24. The van der Waals surface area contributed by atoms with Crippen LogP contribution in [0, 0.1) is 11.6 Å². The molecule has 1 aromatic carbocycles. The first-order valence-corrected chi connectivity index (χ1v) is 6.34. The van der Waals surface area contributed by atoms with Crippen molar-refractivity contribution in [1.82, 2.24) is 0 Å². The molecule has 0 atom stereocenters. The van der Waals surface area contributed by atoms with E-state index in [2.05, 4.69) is 0 Å². The van der Waals surface area contributed by atoms with Gasteiger partial charge >= 0.3 is 0 Å². The lowest BCUT2D eigenvalue weighted by molar-refractivity contribution is 0.0158. The number of aliphatic hydroxyl groups is 1. The summed E-state index contributed by atoms with van der Waals surface area (Å²) >= 11 is 0. The number of piperidine rings is 1. The third-order valence-electron chi connectivity index (χ3n) is 3.30. The summed E-state index contributed by atoms with van der Waals surface area (Å²) < 4.78 is 32.5. The normalized spacial score (nSPS) is 16.9. The standard InChI is InChI=1S/C13H18F2N2O2/c14-10-1-2-11(16)13(12(10)15)17-5-3-9(4-6-17)19-8-7-18/h1-2,9,18H,3-8,16H2. The number of hydrogen-bond acceptors (Lipinski definition) is 4. The van der Waals surface area contributed by atoms with Crippen molar-refractivity contribution >= 4 is 11.4 Å². The fraction of sp³-hybridized carbons (Fsp3) is 0.538. The second kappa shape index (κ2) is 6.16.